The highest BCUT2D eigenvalue weighted by atomic mass is 32.2. The second kappa shape index (κ2) is 15.0. The van der Waals surface area contributed by atoms with Crippen LogP contribution in [-0.4, -0.2) is 95.3 Å². The highest BCUT2D eigenvalue weighted by Crippen LogP contribution is 2.46. The molecule has 3 aliphatic rings. The molecule has 6 rings (SSSR count). The van der Waals surface area contributed by atoms with E-state index in [0.29, 0.717) is 29.7 Å². The molecule has 5 atom stereocenters. The van der Waals surface area contributed by atoms with E-state index in [2.05, 4.69) is 26.9 Å². The molecule has 2 aromatic heterocycles. The summed E-state index contributed by atoms with van der Waals surface area (Å²) in [5.74, 6) is -1.80. The number of hydrogen-bond acceptors (Lipinski definition) is 11. The SMILES string of the molecule is C=CC1CC1(NC(=O)C1CC(Oc2nc(-c3cccnc3)cc3cc(OC)ccc23)CN1C(=O)C(NC(=O)OC(C)(C)C)C(C)(C)C)C(=O)NS(=O)(=O)C1CC1. The van der Waals surface area contributed by atoms with Crippen molar-refractivity contribution in [3.63, 3.8) is 0 Å². The fraction of sp³-hybridized carbons (Fsp3) is 0.500. The molecule has 3 N–H and O–H groups in total. The number of amides is 4. The number of carbonyl (C=O) groups excluding carboxylic acids is 4. The van der Waals surface area contributed by atoms with Crippen molar-refractivity contribution in [3.05, 3.63) is 61.4 Å². The predicted octanol–water partition coefficient (Wildman–Crippen LogP) is 4.26. The minimum Gasteiger partial charge on any atom is -0.497 e. The van der Waals surface area contributed by atoms with Crippen molar-refractivity contribution in [2.45, 2.75) is 102 Å². The van der Waals surface area contributed by atoms with E-state index in [1.165, 1.54) is 11.0 Å². The van der Waals surface area contributed by atoms with Gasteiger partial charge in [0.1, 0.15) is 35.1 Å². The number of methoxy groups -OCH3 is 1. The molecule has 5 unspecified atom stereocenters. The van der Waals surface area contributed by atoms with Crippen LogP contribution in [-0.2, 0) is 29.1 Å². The number of ether oxygens (including phenoxy) is 3. The first-order valence-corrected chi connectivity index (χ1v) is 20.2. The number of nitrogens with one attached hydrogen (secondary N) is 3. The van der Waals surface area contributed by atoms with Gasteiger partial charge in [-0.05, 0) is 87.2 Å². The van der Waals surface area contributed by atoms with E-state index in [1.54, 1.807) is 73.2 Å². The average Bonchev–Trinajstić information content (AvgIpc) is 4.06. The molecule has 3 aromatic rings. The fourth-order valence-electron chi connectivity index (χ4n) is 6.88. The molecule has 3 fully saturated rings. The fourth-order valence-corrected chi connectivity index (χ4v) is 8.24. The number of aromatic nitrogens is 2. The molecule has 56 heavy (non-hydrogen) atoms. The largest absolute Gasteiger partial charge is 0.497 e. The highest BCUT2D eigenvalue weighted by Gasteiger charge is 2.62. The second-order valence-electron chi connectivity index (χ2n) is 16.8. The Kier molecular flexibility index (Phi) is 10.8. The first kappa shape index (κ1) is 40.4. The summed E-state index contributed by atoms with van der Waals surface area (Å²) in [6.45, 7) is 14.1. The summed E-state index contributed by atoms with van der Waals surface area (Å²) in [6, 6.07) is 8.64. The average molecular weight is 791 g/mol. The van der Waals surface area contributed by atoms with Gasteiger partial charge in [0.05, 0.1) is 24.6 Å². The van der Waals surface area contributed by atoms with Crippen molar-refractivity contribution in [2.75, 3.05) is 13.7 Å². The molecule has 0 bridgehead atoms. The number of likely N-dealkylation sites (tertiary alicyclic amines) is 1. The summed E-state index contributed by atoms with van der Waals surface area (Å²) in [5, 5.41) is 6.28. The van der Waals surface area contributed by atoms with Crippen molar-refractivity contribution in [1.82, 2.24) is 30.2 Å². The van der Waals surface area contributed by atoms with Crippen LogP contribution in [0.5, 0.6) is 11.6 Å². The van der Waals surface area contributed by atoms with Crippen molar-refractivity contribution >= 4 is 44.6 Å². The molecule has 4 amide bonds. The number of alkyl carbamates (subject to hydrolysis) is 1. The van der Waals surface area contributed by atoms with Gasteiger partial charge in [0.2, 0.25) is 27.7 Å². The third kappa shape index (κ3) is 8.74. The van der Waals surface area contributed by atoms with Gasteiger partial charge in [0.25, 0.3) is 5.91 Å². The number of hydrogen-bond donors (Lipinski definition) is 3. The van der Waals surface area contributed by atoms with Crippen LogP contribution in [0.2, 0.25) is 0 Å². The normalized spacial score (nSPS) is 22.8. The first-order chi connectivity index (χ1) is 26.2. The van der Waals surface area contributed by atoms with Crippen molar-refractivity contribution in [2.24, 2.45) is 11.3 Å². The zero-order valence-electron chi connectivity index (χ0n) is 32.7. The molecule has 1 aromatic carbocycles. The highest BCUT2D eigenvalue weighted by molar-refractivity contribution is 7.91. The van der Waals surface area contributed by atoms with E-state index in [0.717, 1.165) is 10.9 Å². The van der Waals surface area contributed by atoms with Crippen molar-refractivity contribution < 1.29 is 41.8 Å². The van der Waals surface area contributed by atoms with Gasteiger partial charge in [-0.15, -0.1) is 6.58 Å². The topological polar surface area (TPSA) is 195 Å². The first-order valence-electron chi connectivity index (χ1n) is 18.6. The summed E-state index contributed by atoms with van der Waals surface area (Å²) in [7, 11) is -2.35. The smallest absolute Gasteiger partial charge is 0.408 e. The quantitative estimate of drug-likeness (QED) is 0.222. The molecule has 2 aliphatic carbocycles. The Bertz CT molecular complexity index is 2150. The van der Waals surface area contributed by atoms with Gasteiger partial charge in [-0.1, -0.05) is 26.8 Å². The summed E-state index contributed by atoms with van der Waals surface area (Å²) >= 11 is 0. The molecule has 1 saturated heterocycles. The lowest BCUT2D eigenvalue weighted by atomic mass is 9.85. The Morgan fingerprint density at radius 2 is 1.80 bits per heavy atom. The lowest BCUT2D eigenvalue weighted by Crippen LogP contribution is -2.60. The molecule has 300 valence electrons. The van der Waals surface area contributed by atoms with E-state index < -0.39 is 79.7 Å². The van der Waals surface area contributed by atoms with Crippen LogP contribution in [0.3, 0.4) is 0 Å². The van der Waals surface area contributed by atoms with Crippen molar-refractivity contribution in [3.8, 4) is 22.9 Å². The van der Waals surface area contributed by atoms with Crippen LogP contribution >= 0.6 is 0 Å². The van der Waals surface area contributed by atoms with Crippen LogP contribution in [0.15, 0.2) is 61.4 Å². The zero-order valence-corrected chi connectivity index (χ0v) is 33.6. The third-order valence-corrected chi connectivity index (χ3v) is 11.9. The minimum absolute atomic E-state index is 0.0197. The van der Waals surface area contributed by atoms with E-state index >= 15 is 0 Å². The van der Waals surface area contributed by atoms with Crippen LogP contribution in [0.25, 0.3) is 22.0 Å². The van der Waals surface area contributed by atoms with Crippen molar-refractivity contribution in [1.29, 1.82) is 0 Å². The van der Waals surface area contributed by atoms with E-state index in [4.69, 9.17) is 19.2 Å². The number of carbonyl (C=O) groups is 4. The second-order valence-corrected chi connectivity index (χ2v) is 18.7. The van der Waals surface area contributed by atoms with Gasteiger partial charge < -0.3 is 29.7 Å². The molecule has 15 nitrogen and oxygen atoms in total. The van der Waals surface area contributed by atoms with E-state index in [9.17, 15) is 27.6 Å². The predicted molar refractivity (Wildman–Crippen MR) is 208 cm³/mol. The number of sulfonamides is 1. The zero-order chi connectivity index (χ0) is 40.8. The molecular formula is C40H50N6O9S. The third-order valence-electron chi connectivity index (χ3n) is 10.1. The molecule has 0 radical (unpaired) electrons. The van der Waals surface area contributed by atoms with Gasteiger partial charge in [0, 0.05) is 35.7 Å². The van der Waals surface area contributed by atoms with Gasteiger partial charge in [-0.25, -0.2) is 18.2 Å². The lowest BCUT2D eigenvalue weighted by Gasteiger charge is -2.36. The monoisotopic (exact) mass is 790 g/mol. The Morgan fingerprint density at radius 1 is 1.07 bits per heavy atom. The van der Waals surface area contributed by atoms with Gasteiger partial charge in [-0.2, -0.15) is 0 Å². The van der Waals surface area contributed by atoms with Gasteiger partial charge >= 0.3 is 6.09 Å². The minimum atomic E-state index is -3.92. The van der Waals surface area contributed by atoms with Crippen LogP contribution in [0, 0.1) is 11.3 Å². The molecule has 16 heteroatoms. The standard InChI is InChI=1S/C40H50N6O9S/c1-9-25-20-40(25,36(49)45-56(51,52)28-13-14-28)44-33(47)31-19-27(22-46(31)35(48)32(38(2,3)4)43-37(50)55-39(5,6)7)54-34-29-15-12-26(53-8)17-24(29)18-30(42-34)23-11-10-16-41-21-23/h9-12,15-18,21,25,27-28,31-32H,1,13-14,19-20,22H2,2-8H3,(H,43,50)(H,44,47)(H,45,49). The maximum Gasteiger partial charge on any atom is 0.408 e. The Labute approximate surface area is 327 Å². The van der Waals surface area contributed by atoms with Crippen LogP contribution < -0.4 is 24.8 Å². The molecule has 0 spiro atoms. The number of pyridine rings is 2. The summed E-state index contributed by atoms with van der Waals surface area (Å²) in [5.41, 5.74) is -1.96. The maximum atomic E-state index is 14.6. The summed E-state index contributed by atoms with van der Waals surface area (Å²) < 4.78 is 45.2. The molecule has 1 aliphatic heterocycles. The van der Waals surface area contributed by atoms with Gasteiger partial charge in [0.15, 0.2) is 0 Å². The number of fused-ring (bicyclic) bond motifs is 1. The Balaban J connectivity index is 1.34. The van der Waals surface area contributed by atoms with E-state index in [1.807, 2.05) is 24.3 Å². The molecule has 3 heterocycles. The number of nitrogens with zero attached hydrogens (tertiary/aromatic N) is 3. The Morgan fingerprint density at radius 3 is 2.39 bits per heavy atom. The Hall–Kier alpha value is -5.25. The maximum absolute atomic E-state index is 14.6. The van der Waals surface area contributed by atoms with Crippen LogP contribution in [0.4, 0.5) is 4.79 Å². The van der Waals surface area contributed by atoms with E-state index in [-0.39, 0.29) is 25.3 Å². The number of rotatable bonds is 12. The number of benzene rings is 1. The molecule has 2 saturated carbocycles. The van der Waals surface area contributed by atoms with Gasteiger partial charge in [-0.3, -0.25) is 24.1 Å². The van der Waals surface area contributed by atoms with Crippen LogP contribution in [0.1, 0.15) is 67.2 Å². The molecular weight excluding hydrogens is 741 g/mol. The summed E-state index contributed by atoms with van der Waals surface area (Å²) in [4.78, 5) is 66.1. The summed E-state index contributed by atoms with van der Waals surface area (Å²) in [6.07, 6.45) is 4.23. The lowest BCUT2D eigenvalue weighted by molar-refractivity contribution is -0.143.